The number of hydrogen-bond acceptors (Lipinski definition) is 2. The third kappa shape index (κ3) is 3.36. The van der Waals surface area contributed by atoms with Gasteiger partial charge in [0.05, 0.1) is 5.92 Å². The summed E-state index contributed by atoms with van der Waals surface area (Å²) >= 11 is 6.41. The van der Waals surface area contributed by atoms with Crippen molar-refractivity contribution in [1.29, 1.82) is 0 Å². The molecule has 1 saturated heterocycles. The smallest absolute Gasteiger partial charge is 0.254 e. The van der Waals surface area contributed by atoms with E-state index in [1.165, 1.54) is 0 Å². The number of benzene rings is 3. The molecule has 1 aliphatic rings. The molecule has 2 N–H and O–H groups in total. The van der Waals surface area contributed by atoms with Crippen molar-refractivity contribution < 1.29 is 9.59 Å². The maximum atomic E-state index is 13.2. The average molecular weight is 393 g/mol. The minimum absolute atomic E-state index is 0.0622. The SMILES string of the molecule is NC(=O)C1CCCN(C(=O)c2cccc3c(-c4ccccc4Cl)cccc23)C1. The zero-order valence-electron chi connectivity index (χ0n) is 15.4. The monoisotopic (exact) mass is 392 g/mol. The lowest BCUT2D eigenvalue weighted by atomic mass is 9.93. The molecule has 1 atom stereocenters. The molecular weight excluding hydrogens is 372 g/mol. The van der Waals surface area contributed by atoms with Gasteiger partial charge in [-0.05, 0) is 41.3 Å². The Labute approximate surface area is 168 Å². The van der Waals surface area contributed by atoms with Crippen molar-refractivity contribution >= 4 is 34.2 Å². The molecule has 0 spiro atoms. The van der Waals surface area contributed by atoms with E-state index >= 15 is 0 Å². The van der Waals surface area contributed by atoms with Crippen LogP contribution in [0.1, 0.15) is 23.2 Å². The Morgan fingerprint density at radius 3 is 2.43 bits per heavy atom. The molecule has 5 heteroatoms. The van der Waals surface area contributed by atoms with E-state index in [0.29, 0.717) is 23.7 Å². The predicted octanol–water partition coefficient (Wildman–Crippen LogP) is 4.50. The normalized spacial score (nSPS) is 16.9. The zero-order valence-corrected chi connectivity index (χ0v) is 16.2. The minimum atomic E-state index is -0.337. The summed E-state index contributed by atoms with van der Waals surface area (Å²) in [5, 5.41) is 2.53. The molecule has 1 fully saturated rings. The van der Waals surface area contributed by atoms with E-state index < -0.39 is 0 Å². The third-order valence-electron chi connectivity index (χ3n) is 5.43. The van der Waals surface area contributed by atoms with Crippen LogP contribution in [-0.4, -0.2) is 29.8 Å². The molecule has 2 amide bonds. The van der Waals surface area contributed by atoms with Gasteiger partial charge < -0.3 is 10.6 Å². The number of amides is 2. The molecule has 1 aliphatic heterocycles. The molecule has 4 nitrogen and oxygen atoms in total. The van der Waals surface area contributed by atoms with E-state index in [9.17, 15) is 9.59 Å². The van der Waals surface area contributed by atoms with Crippen LogP contribution in [0.2, 0.25) is 5.02 Å². The van der Waals surface area contributed by atoms with Gasteiger partial charge in [0.1, 0.15) is 0 Å². The number of nitrogens with two attached hydrogens (primary N) is 1. The topological polar surface area (TPSA) is 63.4 Å². The number of nitrogens with zero attached hydrogens (tertiary/aromatic N) is 1. The molecule has 0 bridgehead atoms. The Hall–Kier alpha value is -2.85. The second-order valence-corrected chi connectivity index (χ2v) is 7.59. The number of fused-ring (bicyclic) bond motifs is 1. The highest BCUT2D eigenvalue weighted by Gasteiger charge is 2.28. The molecule has 1 unspecified atom stereocenters. The summed E-state index contributed by atoms with van der Waals surface area (Å²) < 4.78 is 0. The van der Waals surface area contributed by atoms with Gasteiger partial charge >= 0.3 is 0 Å². The summed E-state index contributed by atoms with van der Waals surface area (Å²) in [4.78, 5) is 26.6. The number of hydrogen-bond donors (Lipinski definition) is 1. The fourth-order valence-electron chi connectivity index (χ4n) is 3.98. The lowest BCUT2D eigenvalue weighted by molar-refractivity contribution is -0.123. The lowest BCUT2D eigenvalue weighted by Crippen LogP contribution is -2.44. The quantitative estimate of drug-likeness (QED) is 0.713. The average Bonchev–Trinajstić information content (AvgIpc) is 2.73. The fourth-order valence-corrected chi connectivity index (χ4v) is 4.21. The number of carbonyl (C=O) groups excluding carboxylic acids is 2. The molecule has 0 aliphatic carbocycles. The van der Waals surface area contributed by atoms with Gasteiger partial charge in [-0.25, -0.2) is 0 Å². The van der Waals surface area contributed by atoms with Gasteiger partial charge in [0.25, 0.3) is 5.91 Å². The molecule has 0 aromatic heterocycles. The Balaban J connectivity index is 1.77. The summed E-state index contributed by atoms with van der Waals surface area (Å²) in [5.74, 6) is -0.671. The molecule has 28 heavy (non-hydrogen) atoms. The van der Waals surface area contributed by atoms with E-state index in [4.69, 9.17) is 17.3 Å². The van der Waals surface area contributed by atoms with Crippen molar-refractivity contribution in [1.82, 2.24) is 4.90 Å². The van der Waals surface area contributed by atoms with Crippen LogP contribution in [0, 0.1) is 5.92 Å². The van der Waals surface area contributed by atoms with Crippen molar-refractivity contribution in [3.63, 3.8) is 0 Å². The Bertz CT molecular complexity index is 1060. The van der Waals surface area contributed by atoms with Crippen LogP contribution < -0.4 is 5.73 Å². The molecule has 0 saturated carbocycles. The molecule has 1 heterocycles. The van der Waals surface area contributed by atoms with Crippen LogP contribution in [0.5, 0.6) is 0 Å². The second-order valence-electron chi connectivity index (χ2n) is 7.18. The number of piperidine rings is 1. The van der Waals surface area contributed by atoms with Crippen LogP contribution in [-0.2, 0) is 4.79 Å². The van der Waals surface area contributed by atoms with E-state index in [-0.39, 0.29) is 17.7 Å². The first kappa shape index (κ1) is 18.5. The Kier molecular flexibility index (Phi) is 5.05. The van der Waals surface area contributed by atoms with Crippen molar-refractivity contribution in [3.05, 3.63) is 71.2 Å². The summed E-state index contributed by atoms with van der Waals surface area (Å²) in [7, 11) is 0. The van der Waals surface area contributed by atoms with Gasteiger partial charge in [-0.15, -0.1) is 0 Å². The first-order valence-electron chi connectivity index (χ1n) is 9.41. The fraction of sp³-hybridized carbons (Fsp3) is 0.217. The molecule has 0 radical (unpaired) electrons. The van der Waals surface area contributed by atoms with Crippen molar-refractivity contribution in [2.45, 2.75) is 12.8 Å². The number of carbonyl (C=O) groups is 2. The maximum absolute atomic E-state index is 13.2. The molecule has 3 aromatic carbocycles. The van der Waals surface area contributed by atoms with E-state index in [1.54, 1.807) is 4.90 Å². The highest BCUT2D eigenvalue weighted by molar-refractivity contribution is 6.33. The van der Waals surface area contributed by atoms with Crippen LogP contribution in [0.15, 0.2) is 60.7 Å². The minimum Gasteiger partial charge on any atom is -0.369 e. The Morgan fingerprint density at radius 1 is 0.929 bits per heavy atom. The highest BCUT2D eigenvalue weighted by atomic mass is 35.5. The largest absolute Gasteiger partial charge is 0.369 e. The number of primary amides is 1. The van der Waals surface area contributed by atoms with Gasteiger partial charge in [-0.1, -0.05) is 60.1 Å². The maximum Gasteiger partial charge on any atom is 0.254 e. The lowest BCUT2D eigenvalue weighted by Gasteiger charge is -2.31. The number of likely N-dealkylation sites (tertiary alicyclic amines) is 1. The van der Waals surface area contributed by atoms with Crippen LogP contribution in [0.3, 0.4) is 0 Å². The summed E-state index contributed by atoms with van der Waals surface area (Å²) in [5.41, 5.74) is 8.03. The molecule has 3 aromatic rings. The highest BCUT2D eigenvalue weighted by Crippen LogP contribution is 2.35. The molecular formula is C23H21ClN2O2. The first-order valence-corrected chi connectivity index (χ1v) is 9.79. The predicted molar refractivity (Wildman–Crippen MR) is 112 cm³/mol. The van der Waals surface area contributed by atoms with Crippen molar-refractivity contribution in [2.75, 3.05) is 13.1 Å². The number of rotatable bonds is 3. The standard InChI is InChI=1S/C23H21ClN2O2/c24-21-12-2-1-7-19(21)17-9-3-10-18-16(17)8-4-11-20(18)23(28)26-13-5-6-15(14-26)22(25)27/h1-4,7-12,15H,5-6,13-14H2,(H2,25,27). The summed E-state index contributed by atoms with van der Waals surface area (Å²) in [6.45, 7) is 1.03. The van der Waals surface area contributed by atoms with Gasteiger partial charge in [-0.2, -0.15) is 0 Å². The number of halogens is 1. The third-order valence-corrected chi connectivity index (χ3v) is 5.76. The zero-order chi connectivity index (χ0) is 19.7. The van der Waals surface area contributed by atoms with E-state index in [1.807, 2.05) is 60.7 Å². The van der Waals surface area contributed by atoms with Gasteiger partial charge in [0.15, 0.2) is 0 Å². The summed E-state index contributed by atoms with van der Waals surface area (Å²) in [6, 6.07) is 19.4. The van der Waals surface area contributed by atoms with Crippen molar-refractivity contribution in [2.24, 2.45) is 11.7 Å². The van der Waals surface area contributed by atoms with Gasteiger partial charge in [0, 0.05) is 29.2 Å². The second kappa shape index (κ2) is 7.64. The molecule has 4 rings (SSSR count). The van der Waals surface area contributed by atoms with Crippen LogP contribution >= 0.6 is 11.6 Å². The van der Waals surface area contributed by atoms with Gasteiger partial charge in [-0.3, -0.25) is 9.59 Å². The first-order chi connectivity index (χ1) is 13.6. The van der Waals surface area contributed by atoms with E-state index in [0.717, 1.165) is 34.7 Å². The van der Waals surface area contributed by atoms with Crippen molar-refractivity contribution in [3.8, 4) is 11.1 Å². The van der Waals surface area contributed by atoms with Crippen LogP contribution in [0.25, 0.3) is 21.9 Å². The Morgan fingerprint density at radius 2 is 1.64 bits per heavy atom. The van der Waals surface area contributed by atoms with Gasteiger partial charge in [0.2, 0.25) is 5.91 Å². The summed E-state index contributed by atoms with van der Waals surface area (Å²) in [6.07, 6.45) is 1.53. The van der Waals surface area contributed by atoms with E-state index in [2.05, 4.69) is 0 Å². The molecule has 142 valence electrons. The van der Waals surface area contributed by atoms with Crippen LogP contribution in [0.4, 0.5) is 0 Å².